The van der Waals surface area contributed by atoms with E-state index in [1.165, 1.54) is 0 Å². The average Bonchev–Trinajstić information content (AvgIpc) is 2.27. The maximum absolute atomic E-state index is 9.55. The van der Waals surface area contributed by atoms with Gasteiger partial charge in [-0.1, -0.05) is 28.9 Å². The van der Waals surface area contributed by atoms with Gasteiger partial charge in [0.25, 0.3) is 0 Å². The normalized spacial score (nSPS) is 11.8. The lowest BCUT2D eigenvalue weighted by Gasteiger charge is -2.12. The number of hydrogen-bond acceptors (Lipinski definition) is 4. The van der Waals surface area contributed by atoms with Gasteiger partial charge in [0.15, 0.2) is 0 Å². The number of aliphatic hydroxyl groups excluding tert-OH is 1. The van der Waals surface area contributed by atoms with Crippen LogP contribution in [0.1, 0.15) is 13.8 Å². The van der Waals surface area contributed by atoms with Crippen LogP contribution in [0.3, 0.4) is 0 Å². The molecule has 0 bridgehead atoms. The Morgan fingerprint density at radius 3 is 2.71 bits per heavy atom. The van der Waals surface area contributed by atoms with Gasteiger partial charge in [-0.2, -0.15) is 0 Å². The molecular weight excluding hydrogens is 242 g/mol. The second-order valence-electron chi connectivity index (χ2n) is 3.73. The van der Waals surface area contributed by atoms with Gasteiger partial charge in [-0.3, -0.25) is 0 Å². The molecule has 17 heavy (non-hydrogen) atoms. The molecule has 0 fully saturated rings. The number of hydrogen-bond donors (Lipinski definition) is 1. The quantitative estimate of drug-likeness (QED) is 0.629. The van der Waals surface area contributed by atoms with Gasteiger partial charge in [0.2, 0.25) is 0 Å². The molecule has 1 rings (SSSR count). The number of oxime groups is 1. The molecule has 0 aliphatic carbocycles. The summed E-state index contributed by atoms with van der Waals surface area (Å²) in [6, 6.07) is 7.09. The molecule has 0 radical (unpaired) electrons. The summed E-state index contributed by atoms with van der Waals surface area (Å²) in [5.74, 6) is 0.545. The van der Waals surface area contributed by atoms with Gasteiger partial charge in [-0.05, 0) is 26.0 Å². The van der Waals surface area contributed by atoms with Crippen molar-refractivity contribution in [3.8, 4) is 5.75 Å². The third-order valence-corrected chi connectivity index (χ3v) is 2.09. The van der Waals surface area contributed by atoms with E-state index < -0.39 is 6.10 Å². The van der Waals surface area contributed by atoms with Gasteiger partial charge < -0.3 is 14.7 Å². The summed E-state index contributed by atoms with van der Waals surface area (Å²) in [4.78, 5) is 4.90. The Labute approximate surface area is 106 Å². The third-order valence-electron chi connectivity index (χ3n) is 1.78. The Morgan fingerprint density at radius 1 is 1.35 bits per heavy atom. The maximum atomic E-state index is 9.55. The first kappa shape index (κ1) is 13.8. The summed E-state index contributed by atoms with van der Waals surface area (Å²) in [6.07, 6.45) is -0.741. The number of ether oxygens (including phenoxy) is 1. The topological polar surface area (TPSA) is 51.0 Å². The summed E-state index contributed by atoms with van der Waals surface area (Å²) in [6.45, 7) is 3.83. The van der Waals surface area contributed by atoms with E-state index in [0.29, 0.717) is 10.8 Å². The summed E-state index contributed by atoms with van der Waals surface area (Å²) in [5, 5.41) is 13.8. The van der Waals surface area contributed by atoms with E-state index in [1.807, 2.05) is 26.0 Å². The summed E-state index contributed by atoms with van der Waals surface area (Å²) < 4.78 is 5.35. The Balaban J connectivity index is 2.31. The van der Waals surface area contributed by atoms with Crippen molar-refractivity contribution < 1.29 is 14.7 Å². The fraction of sp³-hybridized carbons (Fsp3) is 0.417. The Hall–Kier alpha value is -1.26. The first-order valence-electron chi connectivity index (χ1n) is 5.28. The van der Waals surface area contributed by atoms with Crippen LogP contribution < -0.4 is 4.74 Å². The van der Waals surface area contributed by atoms with Gasteiger partial charge in [-0.25, -0.2) is 0 Å². The zero-order chi connectivity index (χ0) is 12.7. The Morgan fingerprint density at radius 2 is 2.06 bits per heavy atom. The number of nitrogens with zero attached hydrogens (tertiary/aromatic N) is 1. The van der Waals surface area contributed by atoms with Crippen LogP contribution in [0.15, 0.2) is 29.4 Å². The van der Waals surface area contributed by atoms with Crippen LogP contribution in [0.25, 0.3) is 0 Å². The summed E-state index contributed by atoms with van der Waals surface area (Å²) >= 11 is 5.89. The highest BCUT2D eigenvalue weighted by Gasteiger charge is 2.07. The van der Waals surface area contributed by atoms with Crippen LogP contribution in [-0.4, -0.2) is 30.1 Å². The standard InChI is InChI=1S/C12H16ClNO3/c1-9(2)14-17-8-10(15)7-16-12-6-4-3-5-11(12)13/h3-6,10,15H,7-8H2,1-2H3/t10-/m1/s1. The van der Waals surface area contributed by atoms with Crippen molar-refractivity contribution >= 4 is 17.3 Å². The number of halogens is 1. The van der Waals surface area contributed by atoms with Crippen molar-refractivity contribution in [2.75, 3.05) is 13.2 Å². The largest absolute Gasteiger partial charge is 0.489 e. The third kappa shape index (κ3) is 5.56. The zero-order valence-corrected chi connectivity index (χ0v) is 10.6. The van der Waals surface area contributed by atoms with Crippen LogP contribution in [0.2, 0.25) is 5.02 Å². The fourth-order valence-corrected chi connectivity index (χ4v) is 1.24. The molecule has 0 spiro atoms. The average molecular weight is 258 g/mol. The van der Waals surface area contributed by atoms with Crippen LogP contribution in [0.5, 0.6) is 5.75 Å². The molecule has 1 aromatic rings. The number of aliphatic hydroxyl groups is 1. The Kier molecular flexibility index (Phi) is 5.80. The second-order valence-corrected chi connectivity index (χ2v) is 4.14. The zero-order valence-electron chi connectivity index (χ0n) is 9.89. The lowest BCUT2D eigenvalue weighted by Crippen LogP contribution is -2.22. The molecule has 1 aromatic carbocycles. The van der Waals surface area contributed by atoms with Crippen LogP contribution in [0, 0.1) is 0 Å². The smallest absolute Gasteiger partial charge is 0.146 e. The molecule has 4 nitrogen and oxygen atoms in total. The molecule has 0 heterocycles. The highest BCUT2D eigenvalue weighted by molar-refractivity contribution is 6.32. The van der Waals surface area contributed by atoms with Crippen molar-refractivity contribution in [3.05, 3.63) is 29.3 Å². The Bertz CT molecular complexity index is 378. The molecule has 1 atom stereocenters. The van der Waals surface area contributed by atoms with E-state index >= 15 is 0 Å². The molecule has 0 aliphatic rings. The molecule has 0 aliphatic heterocycles. The highest BCUT2D eigenvalue weighted by atomic mass is 35.5. The molecule has 0 saturated carbocycles. The monoisotopic (exact) mass is 257 g/mol. The minimum absolute atomic E-state index is 0.0929. The second kappa shape index (κ2) is 7.14. The molecular formula is C12H16ClNO3. The van der Waals surface area contributed by atoms with E-state index in [9.17, 15) is 5.11 Å². The van der Waals surface area contributed by atoms with Crippen molar-refractivity contribution in [1.29, 1.82) is 0 Å². The van der Waals surface area contributed by atoms with Gasteiger partial charge in [0, 0.05) is 0 Å². The fourth-order valence-electron chi connectivity index (χ4n) is 1.05. The van der Waals surface area contributed by atoms with E-state index in [4.69, 9.17) is 21.2 Å². The van der Waals surface area contributed by atoms with Crippen molar-refractivity contribution in [2.24, 2.45) is 5.16 Å². The first-order chi connectivity index (χ1) is 8.09. The van der Waals surface area contributed by atoms with E-state index in [-0.39, 0.29) is 13.2 Å². The van der Waals surface area contributed by atoms with E-state index in [0.717, 1.165) is 5.71 Å². The number of rotatable bonds is 6. The van der Waals surface area contributed by atoms with Crippen LogP contribution in [-0.2, 0) is 4.84 Å². The number of para-hydroxylation sites is 1. The molecule has 0 saturated heterocycles. The first-order valence-corrected chi connectivity index (χ1v) is 5.66. The maximum Gasteiger partial charge on any atom is 0.146 e. The van der Waals surface area contributed by atoms with Crippen molar-refractivity contribution in [3.63, 3.8) is 0 Å². The van der Waals surface area contributed by atoms with Crippen LogP contribution in [0.4, 0.5) is 0 Å². The minimum Gasteiger partial charge on any atom is -0.489 e. The van der Waals surface area contributed by atoms with Gasteiger partial charge >= 0.3 is 0 Å². The summed E-state index contributed by atoms with van der Waals surface area (Å²) in [5.41, 5.74) is 0.796. The highest BCUT2D eigenvalue weighted by Crippen LogP contribution is 2.23. The van der Waals surface area contributed by atoms with Gasteiger partial charge in [0.05, 0.1) is 10.7 Å². The number of benzene rings is 1. The molecule has 5 heteroatoms. The van der Waals surface area contributed by atoms with Gasteiger partial charge in [0.1, 0.15) is 25.1 Å². The molecule has 0 unspecified atom stereocenters. The SMILES string of the molecule is CC(C)=NOC[C@H](O)COc1ccccc1Cl. The van der Waals surface area contributed by atoms with Gasteiger partial charge in [-0.15, -0.1) is 0 Å². The van der Waals surface area contributed by atoms with E-state index in [2.05, 4.69) is 5.16 Å². The molecule has 0 aromatic heterocycles. The van der Waals surface area contributed by atoms with Crippen molar-refractivity contribution in [2.45, 2.75) is 20.0 Å². The molecule has 0 amide bonds. The predicted molar refractivity (Wildman–Crippen MR) is 67.7 cm³/mol. The van der Waals surface area contributed by atoms with Crippen molar-refractivity contribution in [1.82, 2.24) is 0 Å². The lowest BCUT2D eigenvalue weighted by molar-refractivity contribution is 0.0142. The minimum atomic E-state index is -0.741. The lowest BCUT2D eigenvalue weighted by atomic mass is 10.3. The summed E-state index contributed by atoms with van der Waals surface area (Å²) in [7, 11) is 0. The van der Waals surface area contributed by atoms with E-state index in [1.54, 1.807) is 12.1 Å². The predicted octanol–water partition coefficient (Wildman–Crippen LogP) is 2.49. The molecule has 94 valence electrons. The molecule has 1 N–H and O–H groups in total. The van der Waals surface area contributed by atoms with Crippen LogP contribution >= 0.6 is 11.6 Å².